The molecular weight excluding hydrogens is 262 g/mol. The first-order valence-electron chi connectivity index (χ1n) is 4.73. The zero-order chi connectivity index (χ0) is 13.0. The zero-order valence-corrected chi connectivity index (χ0v) is 11.2. The third-order valence-corrected chi connectivity index (χ3v) is 3.49. The van der Waals surface area contributed by atoms with E-state index in [1.807, 2.05) is 6.19 Å². The molecule has 2 unspecified atom stereocenters. The predicted molar refractivity (Wildman–Crippen MR) is 64.2 cm³/mol. The van der Waals surface area contributed by atoms with E-state index in [1.165, 1.54) is 23.5 Å². The van der Waals surface area contributed by atoms with Gasteiger partial charge in [0.05, 0.1) is 7.11 Å². The molecule has 0 radical (unpaired) electrons. The van der Waals surface area contributed by atoms with Crippen LogP contribution in [0, 0.1) is 11.5 Å². The Morgan fingerprint density at radius 3 is 2.82 bits per heavy atom. The summed E-state index contributed by atoms with van der Waals surface area (Å²) in [5.41, 5.74) is 0.711. The lowest BCUT2D eigenvalue weighted by molar-refractivity contribution is -0.463. The average Bonchev–Trinajstić information content (AvgIpc) is 2.29. The van der Waals surface area contributed by atoms with Crippen LogP contribution < -0.4 is 4.74 Å². The zero-order valence-electron chi connectivity index (χ0n) is 9.68. The van der Waals surface area contributed by atoms with Gasteiger partial charge < -0.3 is 9.29 Å². The lowest BCUT2D eigenvalue weighted by Crippen LogP contribution is -2.15. The van der Waals surface area contributed by atoms with Crippen LogP contribution in [-0.4, -0.2) is 26.8 Å². The number of halogens is 1. The number of hydrogen-bond acceptors (Lipinski definition) is 4. The SMILES string of the molecule is COc1cc(C(C)[N+](C#N)=S(C)[O-])cnc1Cl. The van der Waals surface area contributed by atoms with E-state index in [-0.39, 0.29) is 11.2 Å². The molecule has 1 aromatic heterocycles. The third kappa shape index (κ3) is 3.16. The van der Waals surface area contributed by atoms with Gasteiger partial charge in [0, 0.05) is 11.8 Å². The van der Waals surface area contributed by atoms with E-state index in [0.717, 1.165) is 0 Å². The van der Waals surface area contributed by atoms with Crippen LogP contribution in [0.5, 0.6) is 5.75 Å². The molecule has 7 heteroatoms. The summed E-state index contributed by atoms with van der Waals surface area (Å²) in [6.07, 6.45) is 4.86. The van der Waals surface area contributed by atoms with Crippen LogP contribution in [0.15, 0.2) is 12.3 Å². The highest BCUT2D eigenvalue weighted by atomic mass is 35.5. The molecule has 2 atom stereocenters. The van der Waals surface area contributed by atoms with Gasteiger partial charge in [-0.2, -0.15) is 3.95 Å². The molecule has 0 saturated heterocycles. The van der Waals surface area contributed by atoms with Gasteiger partial charge in [-0.05, 0) is 19.2 Å². The van der Waals surface area contributed by atoms with E-state index in [2.05, 4.69) is 4.98 Å². The highest BCUT2D eigenvalue weighted by Gasteiger charge is 2.17. The van der Waals surface area contributed by atoms with Crippen LogP contribution in [0.1, 0.15) is 18.5 Å². The van der Waals surface area contributed by atoms with Gasteiger partial charge >= 0.3 is 6.19 Å². The number of hydrogen-bond donors (Lipinski definition) is 0. The van der Waals surface area contributed by atoms with Crippen LogP contribution in [0.25, 0.3) is 0 Å². The van der Waals surface area contributed by atoms with Crippen LogP contribution in [0.2, 0.25) is 5.15 Å². The topological polar surface area (TPSA) is 72.0 Å². The second-order valence-electron chi connectivity index (χ2n) is 3.29. The van der Waals surface area contributed by atoms with Gasteiger partial charge in [0.2, 0.25) is 0 Å². The molecule has 1 rings (SSSR count). The number of aromatic nitrogens is 1. The number of nitrogens with zero attached hydrogens (tertiary/aromatic N) is 3. The fourth-order valence-electron chi connectivity index (χ4n) is 1.32. The smallest absolute Gasteiger partial charge is 0.465 e. The summed E-state index contributed by atoms with van der Waals surface area (Å²) < 4.78 is 17.6. The molecule has 0 bridgehead atoms. The second-order valence-corrected chi connectivity index (χ2v) is 4.89. The Hall–Kier alpha value is -1.16. The molecular formula is C10H12ClN3O2S. The van der Waals surface area contributed by atoms with E-state index in [9.17, 15) is 4.55 Å². The number of pyridine rings is 1. The Kier molecular flexibility index (Phi) is 4.87. The van der Waals surface area contributed by atoms with E-state index in [4.69, 9.17) is 21.6 Å². The quantitative estimate of drug-likeness (QED) is 0.365. The summed E-state index contributed by atoms with van der Waals surface area (Å²) >= 11 is 5.80. The van der Waals surface area contributed by atoms with E-state index >= 15 is 0 Å². The second kappa shape index (κ2) is 5.96. The normalized spacial score (nSPS) is 14.7. The maximum atomic E-state index is 11.3. The Labute approximate surface area is 108 Å². The molecule has 0 spiro atoms. The maximum Gasteiger partial charge on any atom is 0.465 e. The average molecular weight is 274 g/mol. The highest BCUT2D eigenvalue weighted by molar-refractivity contribution is 7.78. The van der Waals surface area contributed by atoms with Crippen molar-refractivity contribution in [1.82, 2.24) is 4.98 Å². The molecule has 1 heterocycles. The van der Waals surface area contributed by atoms with Crippen molar-refractivity contribution >= 4 is 22.6 Å². The first kappa shape index (κ1) is 13.9. The first-order chi connectivity index (χ1) is 8.01. The number of nitriles is 1. The van der Waals surface area contributed by atoms with E-state index < -0.39 is 11.0 Å². The van der Waals surface area contributed by atoms with Crippen LogP contribution in [0.3, 0.4) is 0 Å². The van der Waals surface area contributed by atoms with Crippen molar-refractivity contribution in [2.45, 2.75) is 13.0 Å². The molecule has 0 N–H and O–H groups in total. The summed E-state index contributed by atoms with van der Waals surface area (Å²) in [7, 11) is 0.106. The Balaban J connectivity index is 3.18. The minimum atomic E-state index is -1.38. The standard InChI is InChI=1S/C10H12ClN3O2S/c1-7(14(6-12)17(3)15)8-4-9(16-2)10(11)13-5-8/h4-5,7H,1-3H3. The molecule has 0 amide bonds. The van der Waals surface area contributed by atoms with Gasteiger partial charge in [-0.25, -0.2) is 4.98 Å². The molecule has 5 nitrogen and oxygen atoms in total. The minimum Gasteiger partial charge on any atom is -0.772 e. The van der Waals surface area contributed by atoms with E-state index in [1.54, 1.807) is 13.0 Å². The van der Waals surface area contributed by atoms with Crippen molar-refractivity contribution in [2.24, 2.45) is 0 Å². The van der Waals surface area contributed by atoms with Gasteiger partial charge in [0.15, 0.2) is 16.2 Å². The van der Waals surface area contributed by atoms with Crippen molar-refractivity contribution in [2.75, 3.05) is 13.4 Å². The Bertz CT molecular complexity index is 495. The third-order valence-electron chi connectivity index (χ3n) is 2.26. The van der Waals surface area contributed by atoms with E-state index in [0.29, 0.717) is 11.3 Å². The number of ether oxygens (including phenoxy) is 1. The molecule has 0 aromatic carbocycles. The fourth-order valence-corrected chi connectivity index (χ4v) is 2.18. The summed E-state index contributed by atoms with van der Waals surface area (Å²) in [4.78, 5) is 3.95. The van der Waals surface area contributed by atoms with Crippen LogP contribution in [-0.2, 0) is 11.0 Å². The fraction of sp³-hybridized carbons (Fsp3) is 0.400. The molecule has 17 heavy (non-hydrogen) atoms. The summed E-state index contributed by atoms with van der Waals surface area (Å²) in [6.45, 7) is 1.76. The van der Waals surface area contributed by atoms with Crippen molar-refractivity contribution in [3.8, 4) is 11.9 Å². The predicted octanol–water partition coefficient (Wildman–Crippen LogP) is 1.86. The van der Waals surface area contributed by atoms with Gasteiger partial charge in [0.25, 0.3) is 0 Å². The highest BCUT2D eigenvalue weighted by Crippen LogP contribution is 2.26. The van der Waals surface area contributed by atoms with Gasteiger partial charge in [0.1, 0.15) is 6.04 Å². The Morgan fingerprint density at radius 1 is 1.71 bits per heavy atom. The van der Waals surface area contributed by atoms with Gasteiger partial charge in [-0.3, -0.25) is 0 Å². The van der Waals surface area contributed by atoms with Crippen molar-refractivity contribution < 1.29 is 13.2 Å². The molecule has 0 saturated carbocycles. The van der Waals surface area contributed by atoms with Crippen molar-refractivity contribution in [1.29, 1.82) is 5.26 Å². The monoisotopic (exact) mass is 273 g/mol. The van der Waals surface area contributed by atoms with Crippen molar-refractivity contribution in [3.63, 3.8) is 0 Å². The van der Waals surface area contributed by atoms with Crippen LogP contribution >= 0.6 is 11.6 Å². The molecule has 92 valence electrons. The lowest BCUT2D eigenvalue weighted by atomic mass is 10.1. The Morgan fingerprint density at radius 2 is 2.35 bits per heavy atom. The minimum absolute atomic E-state index is 0.254. The lowest BCUT2D eigenvalue weighted by Gasteiger charge is -2.14. The van der Waals surface area contributed by atoms with Crippen LogP contribution in [0.4, 0.5) is 0 Å². The number of methoxy groups -OCH3 is 1. The first-order valence-corrected chi connectivity index (χ1v) is 6.62. The molecule has 0 fully saturated rings. The molecule has 0 aliphatic carbocycles. The van der Waals surface area contributed by atoms with Gasteiger partial charge in [-0.15, -0.1) is 11.0 Å². The van der Waals surface area contributed by atoms with Crippen molar-refractivity contribution in [3.05, 3.63) is 23.0 Å². The molecule has 0 aliphatic rings. The summed E-state index contributed by atoms with van der Waals surface area (Å²) in [5.74, 6) is 0.427. The molecule has 0 aliphatic heterocycles. The molecule has 1 aromatic rings. The maximum absolute atomic E-state index is 11.3. The largest absolute Gasteiger partial charge is 0.772 e. The van der Waals surface area contributed by atoms with Gasteiger partial charge in [-0.1, -0.05) is 11.6 Å². The number of rotatable bonds is 3. The summed E-state index contributed by atoms with van der Waals surface area (Å²) in [6, 6.07) is 1.32. The summed E-state index contributed by atoms with van der Waals surface area (Å²) in [5, 5.41) is 9.17.